The zero-order chi connectivity index (χ0) is 16.6. The van der Waals surface area contributed by atoms with Gasteiger partial charge in [0.2, 0.25) is 0 Å². The normalized spacial score (nSPS) is 11.0. The van der Waals surface area contributed by atoms with Crippen molar-refractivity contribution in [1.29, 1.82) is 0 Å². The zero-order valence-corrected chi connectivity index (χ0v) is 14.1. The van der Waals surface area contributed by atoms with E-state index in [1.165, 1.54) is 16.7 Å². The van der Waals surface area contributed by atoms with Gasteiger partial charge in [0, 0.05) is 17.8 Å². The Bertz CT molecular complexity index is 938. The molecule has 0 spiro atoms. The molecule has 0 bridgehead atoms. The summed E-state index contributed by atoms with van der Waals surface area (Å²) in [5.41, 5.74) is 7.45. The van der Waals surface area contributed by atoms with E-state index in [-0.39, 0.29) is 5.56 Å². The summed E-state index contributed by atoms with van der Waals surface area (Å²) in [5, 5.41) is 4.45. The van der Waals surface area contributed by atoms with Crippen molar-refractivity contribution in [3.8, 4) is 0 Å². The van der Waals surface area contributed by atoms with Gasteiger partial charge >= 0.3 is 0 Å². The molecule has 3 aromatic rings. The number of aryl methyl sites for hydroxylation is 4. The number of anilines is 1. The van der Waals surface area contributed by atoms with E-state index in [9.17, 15) is 4.79 Å². The van der Waals surface area contributed by atoms with Crippen LogP contribution in [0.2, 0.25) is 0 Å². The molecule has 3 nitrogen and oxygen atoms in total. The second-order valence-electron chi connectivity index (χ2n) is 6.34. The number of H-pyrrole nitrogens is 1. The zero-order valence-electron chi connectivity index (χ0n) is 14.1. The van der Waals surface area contributed by atoms with Crippen LogP contribution in [-0.4, -0.2) is 4.98 Å². The highest BCUT2D eigenvalue weighted by Crippen LogP contribution is 2.20. The highest BCUT2D eigenvalue weighted by Gasteiger charge is 2.06. The molecule has 3 heteroatoms. The van der Waals surface area contributed by atoms with Gasteiger partial charge in [-0.2, -0.15) is 0 Å². The molecule has 1 aromatic heterocycles. The highest BCUT2D eigenvalue weighted by molar-refractivity contribution is 5.82. The fourth-order valence-electron chi connectivity index (χ4n) is 3.07. The summed E-state index contributed by atoms with van der Waals surface area (Å²) in [6, 6.07) is 12.5. The summed E-state index contributed by atoms with van der Waals surface area (Å²) < 4.78 is 0. The van der Waals surface area contributed by atoms with E-state index in [1.807, 2.05) is 13.0 Å². The number of rotatable bonds is 3. The molecule has 2 aromatic carbocycles. The molecule has 1 heterocycles. The molecule has 0 radical (unpaired) electrons. The molecular weight excluding hydrogens is 284 g/mol. The Balaban J connectivity index is 1.94. The first-order valence-electron chi connectivity index (χ1n) is 7.88. The van der Waals surface area contributed by atoms with Crippen molar-refractivity contribution in [2.45, 2.75) is 34.2 Å². The quantitative estimate of drug-likeness (QED) is 0.754. The Hall–Kier alpha value is -2.55. The first kappa shape index (κ1) is 15.3. The Labute approximate surface area is 136 Å². The number of fused-ring (bicyclic) bond motifs is 1. The molecule has 23 heavy (non-hydrogen) atoms. The van der Waals surface area contributed by atoms with Gasteiger partial charge in [-0.15, -0.1) is 0 Å². The molecule has 3 rings (SSSR count). The fraction of sp³-hybridized carbons (Fsp3) is 0.250. The summed E-state index contributed by atoms with van der Waals surface area (Å²) in [5.74, 6) is 0. The Morgan fingerprint density at radius 1 is 0.913 bits per heavy atom. The maximum atomic E-state index is 12.3. The number of hydrogen-bond acceptors (Lipinski definition) is 2. The van der Waals surface area contributed by atoms with Crippen LogP contribution in [0.4, 0.5) is 5.69 Å². The number of nitrogens with one attached hydrogen (secondary N) is 2. The molecule has 2 N–H and O–H groups in total. The Morgan fingerprint density at radius 3 is 2.39 bits per heavy atom. The number of pyridine rings is 1. The summed E-state index contributed by atoms with van der Waals surface area (Å²) in [6.07, 6.45) is 0. The third-order valence-electron chi connectivity index (χ3n) is 4.22. The molecule has 0 saturated heterocycles. The molecule has 0 fully saturated rings. The maximum absolute atomic E-state index is 12.3. The van der Waals surface area contributed by atoms with Crippen LogP contribution >= 0.6 is 0 Å². The predicted octanol–water partition coefficient (Wildman–Crippen LogP) is 4.37. The average Bonchev–Trinajstić information content (AvgIpc) is 2.47. The van der Waals surface area contributed by atoms with Gasteiger partial charge in [0.15, 0.2) is 0 Å². The summed E-state index contributed by atoms with van der Waals surface area (Å²) in [7, 11) is 0. The van der Waals surface area contributed by atoms with Crippen LogP contribution in [0.25, 0.3) is 10.9 Å². The summed E-state index contributed by atoms with van der Waals surface area (Å²) in [6.45, 7) is 8.77. The van der Waals surface area contributed by atoms with Crippen LogP contribution in [0, 0.1) is 27.7 Å². The minimum absolute atomic E-state index is 0.0262. The molecule has 0 amide bonds. The largest absolute Gasteiger partial charge is 0.381 e. The van der Waals surface area contributed by atoms with E-state index in [0.717, 1.165) is 27.7 Å². The van der Waals surface area contributed by atoms with E-state index in [4.69, 9.17) is 0 Å². The van der Waals surface area contributed by atoms with Crippen molar-refractivity contribution < 1.29 is 0 Å². The van der Waals surface area contributed by atoms with Crippen LogP contribution < -0.4 is 10.9 Å². The van der Waals surface area contributed by atoms with Gasteiger partial charge in [-0.1, -0.05) is 29.3 Å². The van der Waals surface area contributed by atoms with Crippen LogP contribution in [0.1, 0.15) is 27.8 Å². The van der Waals surface area contributed by atoms with Crippen molar-refractivity contribution >= 4 is 16.6 Å². The van der Waals surface area contributed by atoms with Crippen molar-refractivity contribution in [2.24, 2.45) is 0 Å². The number of benzene rings is 2. The first-order chi connectivity index (χ1) is 10.9. The van der Waals surface area contributed by atoms with Gasteiger partial charge in [-0.05, 0) is 62.4 Å². The van der Waals surface area contributed by atoms with Crippen LogP contribution in [0.5, 0.6) is 0 Å². The Kier molecular flexibility index (Phi) is 3.95. The van der Waals surface area contributed by atoms with Gasteiger partial charge < -0.3 is 10.3 Å². The van der Waals surface area contributed by atoms with Crippen molar-refractivity contribution in [3.05, 3.63) is 74.6 Å². The standard InChI is InChI=1S/C20H22N2O/c1-12-5-6-18(14(3)7-12)21-11-17-10-16-9-13(2)8-15(4)19(16)22-20(17)23/h5-10,21H,11H2,1-4H3,(H,22,23). The monoisotopic (exact) mass is 306 g/mol. The lowest BCUT2D eigenvalue weighted by molar-refractivity contribution is 1.08. The van der Waals surface area contributed by atoms with Crippen molar-refractivity contribution in [2.75, 3.05) is 5.32 Å². The molecule has 0 saturated carbocycles. The third kappa shape index (κ3) is 3.14. The van der Waals surface area contributed by atoms with Crippen LogP contribution in [0.15, 0.2) is 41.2 Å². The third-order valence-corrected chi connectivity index (χ3v) is 4.22. The lowest BCUT2D eigenvalue weighted by atomic mass is 10.1. The SMILES string of the molecule is Cc1ccc(NCc2cc3cc(C)cc(C)c3[nH]c2=O)c(C)c1. The summed E-state index contributed by atoms with van der Waals surface area (Å²) >= 11 is 0. The first-order valence-corrected chi connectivity index (χ1v) is 7.88. The average molecular weight is 306 g/mol. The second-order valence-corrected chi connectivity index (χ2v) is 6.34. The molecule has 0 aliphatic rings. The lowest BCUT2D eigenvalue weighted by Crippen LogP contribution is -2.16. The smallest absolute Gasteiger partial charge is 0.253 e. The van der Waals surface area contributed by atoms with E-state index in [1.54, 1.807) is 0 Å². The molecule has 118 valence electrons. The predicted molar refractivity (Wildman–Crippen MR) is 97.3 cm³/mol. The van der Waals surface area contributed by atoms with E-state index in [2.05, 4.69) is 61.4 Å². The minimum atomic E-state index is -0.0262. The van der Waals surface area contributed by atoms with Crippen LogP contribution in [-0.2, 0) is 6.54 Å². The lowest BCUT2D eigenvalue weighted by Gasteiger charge is -2.11. The highest BCUT2D eigenvalue weighted by atomic mass is 16.1. The molecule has 0 atom stereocenters. The summed E-state index contributed by atoms with van der Waals surface area (Å²) in [4.78, 5) is 15.4. The molecular formula is C20H22N2O. The fourth-order valence-corrected chi connectivity index (χ4v) is 3.07. The number of aromatic nitrogens is 1. The van der Waals surface area contributed by atoms with Gasteiger partial charge in [-0.25, -0.2) is 0 Å². The maximum Gasteiger partial charge on any atom is 0.253 e. The van der Waals surface area contributed by atoms with E-state index >= 15 is 0 Å². The topological polar surface area (TPSA) is 44.9 Å². The van der Waals surface area contributed by atoms with E-state index in [0.29, 0.717) is 6.54 Å². The Morgan fingerprint density at radius 2 is 1.65 bits per heavy atom. The molecule has 0 aliphatic heterocycles. The van der Waals surface area contributed by atoms with E-state index < -0.39 is 0 Å². The number of aromatic amines is 1. The minimum Gasteiger partial charge on any atom is -0.381 e. The van der Waals surface area contributed by atoms with Gasteiger partial charge in [0.1, 0.15) is 0 Å². The number of hydrogen-bond donors (Lipinski definition) is 2. The van der Waals surface area contributed by atoms with Crippen molar-refractivity contribution in [1.82, 2.24) is 4.98 Å². The van der Waals surface area contributed by atoms with Crippen LogP contribution in [0.3, 0.4) is 0 Å². The molecule has 0 aliphatic carbocycles. The van der Waals surface area contributed by atoms with Crippen molar-refractivity contribution in [3.63, 3.8) is 0 Å². The second kappa shape index (κ2) is 5.92. The van der Waals surface area contributed by atoms with Gasteiger partial charge in [0.05, 0.1) is 5.52 Å². The van der Waals surface area contributed by atoms with Gasteiger partial charge in [-0.3, -0.25) is 4.79 Å². The molecule has 0 unspecified atom stereocenters. The van der Waals surface area contributed by atoms with Gasteiger partial charge in [0.25, 0.3) is 5.56 Å².